The first-order valence-corrected chi connectivity index (χ1v) is 7.76. The highest BCUT2D eigenvalue weighted by molar-refractivity contribution is 5.93. The van der Waals surface area contributed by atoms with Gasteiger partial charge in [-0.25, -0.2) is 4.79 Å². The molecule has 0 aliphatic carbocycles. The maximum atomic E-state index is 12.2. The van der Waals surface area contributed by atoms with E-state index in [0.717, 1.165) is 0 Å². The Kier molecular flexibility index (Phi) is 8.97. The van der Waals surface area contributed by atoms with Gasteiger partial charge in [0.25, 0.3) is 0 Å². The van der Waals surface area contributed by atoms with Gasteiger partial charge in [-0.15, -0.1) is 0 Å². The lowest BCUT2D eigenvalue weighted by Gasteiger charge is -2.23. The Morgan fingerprint density at radius 3 is 1.88 bits per heavy atom. The zero-order valence-electron chi connectivity index (χ0n) is 14.4. The molecule has 0 radical (unpaired) electrons. The molecule has 0 rings (SSSR count). The summed E-state index contributed by atoms with van der Waals surface area (Å²) in [5, 5.41) is 22.5. The summed E-state index contributed by atoms with van der Waals surface area (Å²) >= 11 is 0. The summed E-state index contributed by atoms with van der Waals surface area (Å²) in [5.41, 5.74) is 5.71. The van der Waals surface area contributed by atoms with E-state index in [0.29, 0.717) is 6.42 Å². The van der Waals surface area contributed by atoms with Crippen LogP contribution in [-0.2, 0) is 19.2 Å². The molecule has 0 heterocycles. The summed E-state index contributed by atoms with van der Waals surface area (Å²) in [6.07, 6.45) is -0.298. The highest BCUT2D eigenvalue weighted by atomic mass is 16.4. The molecule has 0 aromatic rings. The first-order chi connectivity index (χ1) is 11.0. The normalized spacial score (nSPS) is 14.8. The van der Waals surface area contributed by atoms with Gasteiger partial charge in [-0.05, 0) is 18.3 Å². The molecule has 0 spiro atoms. The number of hydrogen-bond acceptors (Lipinski definition) is 5. The molecule has 9 nitrogen and oxygen atoms in total. The molecular formula is C15H27N3O6. The second-order valence-corrected chi connectivity index (χ2v) is 6.46. The summed E-state index contributed by atoms with van der Waals surface area (Å²) in [6, 6.07) is -3.46. The number of aliphatic carboxylic acids is 2. The topological polar surface area (TPSA) is 159 Å². The standard InChI is InChI=1S/C15H27N3O6/c1-7(2)5-9(16)13(21)17-10(6-11(19)20)14(22)18-12(8(3)4)15(23)24/h7-10,12H,5-6,16H2,1-4H3,(H,17,21)(H,18,22)(H,19,20)(H,23,24). The predicted octanol–water partition coefficient (Wildman–Crippen LogP) is -0.455. The van der Waals surface area contributed by atoms with E-state index in [1.807, 2.05) is 13.8 Å². The summed E-state index contributed by atoms with van der Waals surface area (Å²) in [7, 11) is 0. The van der Waals surface area contributed by atoms with E-state index in [1.165, 1.54) is 0 Å². The Morgan fingerprint density at radius 2 is 1.50 bits per heavy atom. The molecule has 0 aromatic carbocycles. The second kappa shape index (κ2) is 9.86. The minimum Gasteiger partial charge on any atom is -0.481 e. The molecular weight excluding hydrogens is 318 g/mol. The van der Waals surface area contributed by atoms with E-state index >= 15 is 0 Å². The number of carboxylic acids is 2. The number of rotatable bonds is 10. The fourth-order valence-corrected chi connectivity index (χ4v) is 2.04. The third-order valence-electron chi connectivity index (χ3n) is 3.30. The van der Waals surface area contributed by atoms with Crippen LogP contribution in [0.25, 0.3) is 0 Å². The zero-order valence-corrected chi connectivity index (χ0v) is 14.4. The Labute approximate surface area is 141 Å². The number of carbonyl (C=O) groups excluding carboxylic acids is 2. The lowest BCUT2D eigenvalue weighted by atomic mass is 10.0. The minimum atomic E-state index is -1.39. The number of carbonyl (C=O) groups is 4. The van der Waals surface area contributed by atoms with Crippen molar-refractivity contribution in [3.63, 3.8) is 0 Å². The van der Waals surface area contributed by atoms with Crippen molar-refractivity contribution >= 4 is 23.8 Å². The van der Waals surface area contributed by atoms with Crippen LogP contribution >= 0.6 is 0 Å². The van der Waals surface area contributed by atoms with Gasteiger partial charge in [0, 0.05) is 0 Å². The van der Waals surface area contributed by atoms with Crippen molar-refractivity contribution in [2.24, 2.45) is 17.6 Å². The van der Waals surface area contributed by atoms with Crippen LogP contribution in [0.2, 0.25) is 0 Å². The van der Waals surface area contributed by atoms with Gasteiger partial charge in [-0.1, -0.05) is 27.7 Å². The lowest BCUT2D eigenvalue weighted by Crippen LogP contribution is -2.56. The monoisotopic (exact) mass is 345 g/mol. The number of nitrogens with one attached hydrogen (secondary N) is 2. The molecule has 0 bridgehead atoms. The van der Waals surface area contributed by atoms with Gasteiger partial charge in [0.2, 0.25) is 11.8 Å². The van der Waals surface area contributed by atoms with Crippen molar-refractivity contribution in [2.75, 3.05) is 0 Å². The van der Waals surface area contributed by atoms with Crippen LogP contribution in [0.5, 0.6) is 0 Å². The second-order valence-electron chi connectivity index (χ2n) is 6.46. The molecule has 0 saturated heterocycles. The molecule has 0 aromatic heterocycles. The van der Waals surface area contributed by atoms with Crippen LogP contribution in [0.4, 0.5) is 0 Å². The van der Waals surface area contributed by atoms with Gasteiger partial charge in [-0.2, -0.15) is 0 Å². The van der Waals surface area contributed by atoms with E-state index < -0.39 is 54.2 Å². The van der Waals surface area contributed by atoms with Gasteiger partial charge in [0.1, 0.15) is 12.1 Å². The number of amides is 2. The molecule has 24 heavy (non-hydrogen) atoms. The molecule has 138 valence electrons. The first-order valence-electron chi connectivity index (χ1n) is 7.76. The highest BCUT2D eigenvalue weighted by Crippen LogP contribution is 2.06. The van der Waals surface area contributed by atoms with Crippen LogP contribution in [0.15, 0.2) is 0 Å². The van der Waals surface area contributed by atoms with Crippen molar-refractivity contribution in [1.29, 1.82) is 0 Å². The summed E-state index contributed by atoms with van der Waals surface area (Å²) < 4.78 is 0. The van der Waals surface area contributed by atoms with Crippen molar-refractivity contribution in [3.05, 3.63) is 0 Å². The molecule has 0 aliphatic rings. The molecule has 3 unspecified atom stereocenters. The average molecular weight is 345 g/mol. The van der Waals surface area contributed by atoms with E-state index in [-0.39, 0.29) is 5.92 Å². The largest absolute Gasteiger partial charge is 0.481 e. The number of carboxylic acid groups (broad SMARTS) is 2. The van der Waals surface area contributed by atoms with Crippen LogP contribution < -0.4 is 16.4 Å². The molecule has 9 heteroatoms. The average Bonchev–Trinajstić information content (AvgIpc) is 2.41. The van der Waals surface area contributed by atoms with Crippen molar-refractivity contribution in [2.45, 2.75) is 58.7 Å². The maximum absolute atomic E-state index is 12.2. The van der Waals surface area contributed by atoms with E-state index in [1.54, 1.807) is 13.8 Å². The maximum Gasteiger partial charge on any atom is 0.326 e. The van der Waals surface area contributed by atoms with Crippen molar-refractivity contribution in [1.82, 2.24) is 10.6 Å². The Hall–Kier alpha value is -2.16. The number of nitrogens with two attached hydrogens (primary N) is 1. The fraction of sp³-hybridized carbons (Fsp3) is 0.733. The zero-order chi connectivity index (χ0) is 19.0. The minimum absolute atomic E-state index is 0.148. The molecule has 2 amide bonds. The summed E-state index contributed by atoms with van der Waals surface area (Å²) in [5.74, 6) is -4.32. The van der Waals surface area contributed by atoms with E-state index in [9.17, 15) is 19.2 Å². The smallest absolute Gasteiger partial charge is 0.326 e. The fourth-order valence-electron chi connectivity index (χ4n) is 2.04. The van der Waals surface area contributed by atoms with Gasteiger partial charge < -0.3 is 26.6 Å². The molecule has 0 fully saturated rings. The van der Waals surface area contributed by atoms with Crippen LogP contribution in [-0.4, -0.2) is 52.1 Å². The first kappa shape index (κ1) is 21.8. The summed E-state index contributed by atoms with van der Waals surface area (Å²) in [4.78, 5) is 46.2. The van der Waals surface area contributed by atoms with Gasteiger partial charge >= 0.3 is 11.9 Å². The summed E-state index contributed by atoms with van der Waals surface area (Å²) in [6.45, 7) is 6.94. The third-order valence-corrected chi connectivity index (χ3v) is 3.30. The lowest BCUT2D eigenvalue weighted by molar-refractivity contribution is -0.144. The van der Waals surface area contributed by atoms with Crippen LogP contribution in [0.1, 0.15) is 40.5 Å². The van der Waals surface area contributed by atoms with Crippen LogP contribution in [0.3, 0.4) is 0 Å². The quantitative estimate of drug-likeness (QED) is 0.358. The van der Waals surface area contributed by atoms with Crippen molar-refractivity contribution < 1.29 is 29.4 Å². The van der Waals surface area contributed by atoms with E-state index in [2.05, 4.69) is 10.6 Å². The predicted molar refractivity (Wildman–Crippen MR) is 86.0 cm³/mol. The third kappa shape index (κ3) is 7.91. The number of hydrogen-bond donors (Lipinski definition) is 5. The van der Waals surface area contributed by atoms with Gasteiger partial charge in [-0.3, -0.25) is 14.4 Å². The van der Waals surface area contributed by atoms with Gasteiger partial charge in [0.15, 0.2) is 0 Å². The molecule has 0 aliphatic heterocycles. The highest BCUT2D eigenvalue weighted by Gasteiger charge is 2.30. The Morgan fingerprint density at radius 1 is 0.958 bits per heavy atom. The van der Waals surface area contributed by atoms with Crippen LogP contribution in [0, 0.1) is 11.8 Å². The SMILES string of the molecule is CC(C)CC(N)C(=O)NC(CC(=O)O)C(=O)NC(C(=O)O)C(C)C. The van der Waals surface area contributed by atoms with E-state index in [4.69, 9.17) is 15.9 Å². The Bertz CT molecular complexity index is 478. The molecule has 6 N–H and O–H groups in total. The van der Waals surface area contributed by atoms with Crippen molar-refractivity contribution in [3.8, 4) is 0 Å². The molecule has 0 saturated carbocycles. The Balaban J connectivity index is 5.05. The van der Waals surface area contributed by atoms with Gasteiger partial charge in [0.05, 0.1) is 12.5 Å². The molecule has 3 atom stereocenters.